The lowest BCUT2D eigenvalue weighted by Gasteiger charge is -2.36. The van der Waals surface area contributed by atoms with Crippen LogP contribution in [0.25, 0.3) is 0 Å². The molecular weight excluding hydrogens is 171 g/mol. The van der Waals surface area contributed by atoms with Gasteiger partial charge in [-0.1, -0.05) is 20.8 Å². The fourth-order valence-electron chi connectivity index (χ4n) is 0.540. The first-order valence-corrected chi connectivity index (χ1v) is 7.35. The van der Waals surface area contributed by atoms with Gasteiger partial charge in [-0.25, -0.2) is 4.39 Å². The lowest BCUT2D eigenvalue weighted by atomic mass is 10.2. The molecule has 0 aliphatic rings. The van der Waals surface area contributed by atoms with Crippen molar-refractivity contribution in [1.82, 2.24) is 0 Å². The van der Waals surface area contributed by atoms with Crippen LogP contribution in [0.2, 0.25) is 18.1 Å². The van der Waals surface area contributed by atoms with Crippen molar-refractivity contribution in [1.29, 1.82) is 0 Å². The second kappa shape index (κ2) is 3.88. The number of hydrogen-bond acceptors (Lipinski definition) is 1. The average molecular weight is 192 g/mol. The van der Waals surface area contributed by atoms with Gasteiger partial charge in [0, 0.05) is 0 Å². The summed E-state index contributed by atoms with van der Waals surface area (Å²) in [6, 6.07) is 0. The Balaban J connectivity index is 4.05. The van der Waals surface area contributed by atoms with Crippen LogP contribution in [-0.2, 0) is 4.43 Å². The van der Waals surface area contributed by atoms with Crippen LogP contribution in [0.1, 0.15) is 27.7 Å². The molecule has 0 N–H and O–H groups in total. The molecule has 0 heterocycles. The van der Waals surface area contributed by atoms with Gasteiger partial charge in [0.05, 0.1) is 6.61 Å². The zero-order chi connectivity index (χ0) is 9.99. The molecule has 0 aliphatic carbocycles. The second-order valence-electron chi connectivity index (χ2n) is 4.85. The van der Waals surface area contributed by atoms with Gasteiger partial charge in [0.25, 0.3) is 0 Å². The monoisotopic (exact) mass is 192 g/mol. The lowest BCUT2D eigenvalue weighted by Crippen LogP contribution is -2.41. The highest BCUT2D eigenvalue weighted by Crippen LogP contribution is 2.36. The van der Waals surface area contributed by atoms with Crippen molar-refractivity contribution in [2.24, 2.45) is 0 Å². The smallest absolute Gasteiger partial charge is 0.192 e. The van der Waals surface area contributed by atoms with Crippen LogP contribution in [0.3, 0.4) is 0 Å². The molecule has 0 rings (SSSR count). The van der Waals surface area contributed by atoms with E-state index in [-0.39, 0.29) is 11.6 Å². The van der Waals surface area contributed by atoms with E-state index < -0.39 is 14.5 Å². The summed E-state index contributed by atoms with van der Waals surface area (Å²) in [6.45, 7) is 12.5. The summed E-state index contributed by atoms with van der Waals surface area (Å²) in [7, 11) is -1.71. The Morgan fingerprint density at radius 2 is 1.75 bits per heavy atom. The fourth-order valence-corrected chi connectivity index (χ4v) is 1.62. The minimum absolute atomic E-state index is 0.182. The lowest BCUT2D eigenvalue weighted by molar-refractivity contribution is 0.194. The van der Waals surface area contributed by atoms with Gasteiger partial charge in [0.2, 0.25) is 0 Å². The maximum Gasteiger partial charge on any atom is 0.192 e. The molecule has 0 spiro atoms. The Kier molecular flexibility index (Phi) is 3.91. The van der Waals surface area contributed by atoms with Gasteiger partial charge in [-0.3, -0.25) is 0 Å². The minimum Gasteiger partial charge on any atom is -0.414 e. The predicted octanol–water partition coefficient (Wildman–Crippen LogP) is 3.37. The van der Waals surface area contributed by atoms with E-state index in [4.69, 9.17) is 4.43 Å². The summed E-state index contributed by atoms with van der Waals surface area (Å²) in [5, 5.41) is 0.182. The van der Waals surface area contributed by atoms with Crippen LogP contribution in [0, 0.1) is 0 Å². The number of hydrogen-bond donors (Lipinski definition) is 0. The predicted molar refractivity (Wildman–Crippen MR) is 53.7 cm³/mol. The maximum atomic E-state index is 12.5. The van der Waals surface area contributed by atoms with E-state index in [2.05, 4.69) is 33.9 Å². The summed E-state index contributed by atoms with van der Waals surface area (Å²) in [5.41, 5.74) is 0. The first-order chi connectivity index (χ1) is 5.17. The Bertz CT molecular complexity index is 138. The number of alkyl halides is 1. The highest BCUT2D eigenvalue weighted by Gasteiger charge is 2.37. The van der Waals surface area contributed by atoms with Gasteiger partial charge < -0.3 is 4.43 Å². The first kappa shape index (κ1) is 12.1. The average Bonchev–Trinajstić information content (AvgIpc) is 1.81. The van der Waals surface area contributed by atoms with Gasteiger partial charge in [-0.2, -0.15) is 0 Å². The molecule has 0 amide bonds. The third kappa shape index (κ3) is 3.67. The highest BCUT2D eigenvalue weighted by molar-refractivity contribution is 6.74. The molecule has 0 aromatic carbocycles. The summed E-state index contributed by atoms with van der Waals surface area (Å²) in [6.07, 6.45) is -0.848. The molecule has 0 bridgehead atoms. The van der Waals surface area contributed by atoms with Crippen molar-refractivity contribution in [3.8, 4) is 0 Å². The standard InChI is InChI=1S/C9H21FOSi/c1-8(10)7-11-12(5,6)9(2,3)4/h8H,7H2,1-6H3/t8-/m0/s1. The van der Waals surface area contributed by atoms with E-state index >= 15 is 0 Å². The SMILES string of the molecule is C[C@H](F)CO[Si](C)(C)C(C)(C)C. The molecule has 3 heteroatoms. The first-order valence-electron chi connectivity index (χ1n) is 4.45. The largest absolute Gasteiger partial charge is 0.414 e. The van der Waals surface area contributed by atoms with E-state index in [1.54, 1.807) is 0 Å². The molecule has 1 atom stereocenters. The van der Waals surface area contributed by atoms with Crippen molar-refractivity contribution in [3.63, 3.8) is 0 Å². The molecule has 0 unspecified atom stereocenters. The highest BCUT2D eigenvalue weighted by atomic mass is 28.4. The fraction of sp³-hybridized carbons (Fsp3) is 1.00. The molecule has 12 heavy (non-hydrogen) atoms. The Morgan fingerprint density at radius 1 is 1.33 bits per heavy atom. The van der Waals surface area contributed by atoms with E-state index in [9.17, 15) is 4.39 Å². The normalized spacial score (nSPS) is 16.2. The van der Waals surface area contributed by atoms with Crippen molar-refractivity contribution in [2.75, 3.05) is 6.61 Å². The quantitative estimate of drug-likeness (QED) is 0.623. The van der Waals surface area contributed by atoms with Crippen molar-refractivity contribution >= 4 is 8.32 Å². The number of rotatable bonds is 3. The molecule has 74 valence electrons. The summed E-state index contributed by atoms with van der Waals surface area (Å²) in [5.74, 6) is 0. The van der Waals surface area contributed by atoms with Crippen molar-refractivity contribution < 1.29 is 8.82 Å². The molecule has 0 saturated heterocycles. The van der Waals surface area contributed by atoms with Gasteiger partial charge in [-0.05, 0) is 25.1 Å². The molecule has 0 aromatic heterocycles. The van der Waals surface area contributed by atoms with Gasteiger partial charge in [-0.15, -0.1) is 0 Å². The van der Waals surface area contributed by atoms with Gasteiger partial charge in [0.15, 0.2) is 8.32 Å². The van der Waals surface area contributed by atoms with Gasteiger partial charge >= 0.3 is 0 Å². The molecule has 0 aliphatic heterocycles. The third-order valence-electron chi connectivity index (χ3n) is 2.48. The van der Waals surface area contributed by atoms with Crippen molar-refractivity contribution in [2.45, 2.75) is 52.0 Å². The van der Waals surface area contributed by atoms with Crippen LogP contribution >= 0.6 is 0 Å². The molecule has 0 aromatic rings. The Morgan fingerprint density at radius 3 is 2.00 bits per heavy atom. The summed E-state index contributed by atoms with van der Waals surface area (Å²) < 4.78 is 18.1. The van der Waals surface area contributed by atoms with Crippen LogP contribution in [-0.4, -0.2) is 21.1 Å². The Hall–Kier alpha value is 0.107. The second-order valence-corrected chi connectivity index (χ2v) is 9.66. The van der Waals surface area contributed by atoms with Gasteiger partial charge in [0.1, 0.15) is 6.17 Å². The molecule has 1 nitrogen and oxygen atoms in total. The topological polar surface area (TPSA) is 9.23 Å². The van der Waals surface area contributed by atoms with E-state index in [0.717, 1.165) is 0 Å². The van der Waals surface area contributed by atoms with E-state index in [1.165, 1.54) is 6.92 Å². The zero-order valence-corrected chi connectivity index (χ0v) is 10.1. The van der Waals surface area contributed by atoms with E-state index in [0.29, 0.717) is 0 Å². The zero-order valence-electron chi connectivity index (χ0n) is 9.07. The maximum absolute atomic E-state index is 12.5. The molecular formula is C9H21FOSi. The van der Waals surface area contributed by atoms with Crippen LogP contribution < -0.4 is 0 Å². The third-order valence-corrected chi connectivity index (χ3v) is 6.98. The molecule has 0 radical (unpaired) electrons. The molecule has 0 saturated carbocycles. The van der Waals surface area contributed by atoms with Crippen LogP contribution in [0.5, 0.6) is 0 Å². The van der Waals surface area contributed by atoms with Crippen molar-refractivity contribution in [3.05, 3.63) is 0 Å². The number of halogens is 1. The van der Waals surface area contributed by atoms with Crippen LogP contribution in [0.15, 0.2) is 0 Å². The van der Waals surface area contributed by atoms with E-state index in [1.807, 2.05) is 0 Å². The Labute approximate surface area is 76.4 Å². The van der Waals surface area contributed by atoms with Crippen LogP contribution in [0.4, 0.5) is 4.39 Å². The summed E-state index contributed by atoms with van der Waals surface area (Å²) in [4.78, 5) is 0. The summed E-state index contributed by atoms with van der Waals surface area (Å²) >= 11 is 0. The molecule has 0 fully saturated rings. The minimum atomic E-state index is -1.71.